The maximum Gasteiger partial charge on any atom is 0.338 e. The highest BCUT2D eigenvalue weighted by Gasteiger charge is 2.12. The Labute approximate surface area is 86.1 Å². The molecule has 4 nitrogen and oxygen atoms in total. The van der Waals surface area contributed by atoms with E-state index in [4.69, 9.17) is 5.11 Å². The summed E-state index contributed by atoms with van der Waals surface area (Å²) in [5.41, 5.74) is 0.355. The molecule has 1 N–H and O–H groups in total. The van der Waals surface area contributed by atoms with Crippen molar-refractivity contribution in [3.63, 3.8) is 0 Å². The average molecular weight is 259 g/mol. The van der Waals surface area contributed by atoms with E-state index in [9.17, 15) is 9.18 Å². The molecule has 2 heterocycles. The SMILES string of the molecule is O=C(O)c1cn2c(F)cnc2cc1Br. The van der Waals surface area contributed by atoms with Crippen LogP contribution in [0.15, 0.2) is 22.9 Å². The lowest BCUT2D eigenvalue weighted by Crippen LogP contribution is -2.01. The number of aromatic carboxylic acids is 1. The Bertz CT molecular complexity index is 523. The maximum absolute atomic E-state index is 13.0. The highest BCUT2D eigenvalue weighted by Crippen LogP contribution is 2.19. The average Bonchev–Trinajstić information content (AvgIpc) is 2.46. The summed E-state index contributed by atoms with van der Waals surface area (Å²) >= 11 is 3.07. The van der Waals surface area contributed by atoms with Crippen LogP contribution in [0.4, 0.5) is 4.39 Å². The fourth-order valence-electron chi connectivity index (χ4n) is 1.13. The summed E-state index contributed by atoms with van der Waals surface area (Å²) in [5.74, 6) is -1.71. The minimum absolute atomic E-state index is 0.00519. The van der Waals surface area contributed by atoms with Gasteiger partial charge < -0.3 is 5.11 Å². The molecule has 2 aromatic heterocycles. The molecule has 2 rings (SSSR count). The molecule has 72 valence electrons. The number of halogens is 2. The highest BCUT2D eigenvalue weighted by atomic mass is 79.9. The summed E-state index contributed by atoms with van der Waals surface area (Å²) in [6.07, 6.45) is 2.22. The van der Waals surface area contributed by atoms with E-state index in [-0.39, 0.29) is 5.56 Å². The van der Waals surface area contributed by atoms with Gasteiger partial charge in [0.15, 0.2) is 0 Å². The first kappa shape index (κ1) is 9.14. The molecule has 0 amide bonds. The Balaban J connectivity index is 2.80. The zero-order valence-electron chi connectivity index (χ0n) is 6.74. The maximum atomic E-state index is 13.0. The van der Waals surface area contributed by atoms with E-state index < -0.39 is 11.9 Å². The molecule has 0 unspecified atom stereocenters. The molecule has 0 saturated carbocycles. The predicted octanol–water partition coefficient (Wildman–Crippen LogP) is 1.93. The van der Waals surface area contributed by atoms with E-state index >= 15 is 0 Å². The van der Waals surface area contributed by atoms with Crippen molar-refractivity contribution in [3.05, 3.63) is 34.4 Å². The van der Waals surface area contributed by atoms with Crippen molar-refractivity contribution in [1.29, 1.82) is 0 Å². The Morgan fingerprint density at radius 2 is 2.36 bits per heavy atom. The van der Waals surface area contributed by atoms with E-state index in [1.165, 1.54) is 12.3 Å². The van der Waals surface area contributed by atoms with Crippen molar-refractivity contribution in [1.82, 2.24) is 9.38 Å². The zero-order valence-corrected chi connectivity index (χ0v) is 8.32. The number of rotatable bonds is 1. The lowest BCUT2D eigenvalue weighted by atomic mass is 10.3. The molecule has 0 aliphatic rings. The molecule has 0 bridgehead atoms. The quantitative estimate of drug-likeness (QED) is 0.851. The molecule has 0 fully saturated rings. The van der Waals surface area contributed by atoms with E-state index in [2.05, 4.69) is 20.9 Å². The largest absolute Gasteiger partial charge is 0.478 e. The van der Waals surface area contributed by atoms with Gasteiger partial charge in [0.2, 0.25) is 5.95 Å². The molecule has 0 radical (unpaired) electrons. The second-order valence-electron chi connectivity index (χ2n) is 2.65. The van der Waals surface area contributed by atoms with Crippen molar-refractivity contribution in [2.24, 2.45) is 0 Å². The van der Waals surface area contributed by atoms with Gasteiger partial charge in [0.05, 0.1) is 11.8 Å². The number of imidazole rings is 1. The van der Waals surface area contributed by atoms with E-state index in [1.807, 2.05) is 0 Å². The predicted molar refractivity (Wildman–Crippen MR) is 49.8 cm³/mol. The van der Waals surface area contributed by atoms with Crippen LogP contribution >= 0.6 is 15.9 Å². The fourth-order valence-corrected chi connectivity index (χ4v) is 1.60. The number of carbonyl (C=O) groups is 1. The van der Waals surface area contributed by atoms with E-state index in [0.717, 1.165) is 10.6 Å². The number of carboxylic acid groups (broad SMARTS) is 1. The van der Waals surface area contributed by atoms with Gasteiger partial charge in [0, 0.05) is 10.7 Å². The fraction of sp³-hybridized carbons (Fsp3) is 0. The van der Waals surface area contributed by atoms with Crippen LogP contribution in [0.25, 0.3) is 5.65 Å². The monoisotopic (exact) mass is 258 g/mol. The second-order valence-corrected chi connectivity index (χ2v) is 3.50. The minimum atomic E-state index is -1.12. The first-order valence-corrected chi connectivity index (χ1v) is 4.44. The summed E-state index contributed by atoms with van der Waals surface area (Å²) in [7, 11) is 0. The first-order chi connectivity index (χ1) is 6.59. The molecule has 0 aliphatic carbocycles. The Hall–Kier alpha value is -1.43. The van der Waals surface area contributed by atoms with Crippen molar-refractivity contribution < 1.29 is 14.3 Å². The number of nitrogens with zero attached hydrogens (tertiary/aromatic N) is 2. The minimum Gasteiger partial charge on any atom is -0.478 e. The molecule has 0 spiro atoms. The molecule has 0 atom stereocenters. The third kappa shape index (κ3) is 1.27. The van der Waals surface area contributed by atoms with Crippen molar-refractivity contribution in [3.8, 4) is 0 Å². The van der Waals surface area contributed by atoms with E-state index in [0.29, 0.717) is 10.1 Å². The van der Waals surface area contributed by atoms with Crippen LogP contribution in [-0.4, -0.2) is 20.5 Å². The summed E-state index contributed by atoms with van der Waals surface area (Å²) in [5, 5.41) is 8.77. The molecular formula is C8H4BrFN2O2. The van der Waals surface area contributed by atoms with Gasteiger partial charge in [-0.2, -0.15) is 4.39 Å². The van der Waals surface area contributed by atoms with Crippen molar-refractivity contribution in [2.45, 2.75) is 0 Å². The summed E-state index contributed by atoms with van der Waals surface area (Å²) in [6, 6.07) is 1.45. The van der Waals surface area contributed by atoms with Crippen molar-refractivity contribution in [2.75, 3.05) is 0 Å². The molecular weight excluding hydrogens is 255 g/mol. The van der Waals surface area contributed by atoms with Gasteiger partial charge >= 0.3 is 5.97 Å². The van der Waals surface area contributed by atoms with Crippen molar-refractivity contribution >= 4 is 27.5 Å². The summed E-state index contributed by atoms with van der Waals surface area (Å²) < 4.78 is 14.5. The topological polar surface area (TPSA) is 54.6 Å². The first-order valence-electron chi connectivity index (χ1n) is 3.65. The van der Waals surface area contributed by atoms with Gasteiger partial charge in [-0.3, -0.25) is 4.40 Å². The molecule has 0 aromatic carbocycles. The summed E-state index contributed by atoms with van der Waals surface area (Å²) in [4.78, 5) is 14.5. The van der Waals surface area contributed by atoms with Gasteiger partial charge in [-0.15, -0.1) is 0 Å². The number of hydrogen-bond acceptors (Lipinski definition) is 2. The smallest absolute Gasteiger partial charge is 0.338 e. The Morgan fingerprint density at radius 3 is 3.00 bits per heavy atom. The van der Waals surface area contributed by atoms with E-state index in [1.54, 1.807) is 0 Å². The van der Waals surface area contributed by atoms with Crippen LogP contribution in [-0.2, 0) is 0 Å². The van der Waals surface area contributed by atoms with Gasteiger partial charge in [-0.25, -0.2) is 9.78 Å². The number of aromatic nitrogens is 2. The molecule has 0 saturated heterocycles. The van der Waals surface area contributed by atoms with Crippen LogP contribution in [0.2, 0.25) is 0 Å². The van der Waals surface area contributed by atoms with Gasteiger partial charge in [-0.05, 0) is 22.0 Å². The normalized spacial score (nSPS) is 10.7. The number of carboxylic acids is 1. The summed E-state index contributed by atoms with van der Waals surface area (Å²) in [6.45, 7) is 0. The number of pyridine rings is 1. The second kappa shape index (κ2) is 3.06. The molecule has 14 heavy (non-hydrogen) atoms. The molecule has 0 aliphatic heterocycles. The highest BCUT2D eigenvalue weighted by molar-refractivity contribution is 9.10. The van der Waals surface area contributed by atoms with Gasteiger partial charge in [-0.1, -0.05) is 0 Å². The zero-order chi connectivity index (χ0) is 10.3. The lowest BCUT2D eigenvalue weighted by Gasteiger charge is -2.00. The van der Waals surface area contributed by atoms with Crippen LogP contribution in [0.3, 0.4) is 0 Å². The number of fused-ring (bicyclic) bond motifs is 1. The van der Waals surface area contributed by atoms with Crippen LogP contribution in [0.5, 0.6) is 0 Å². The van der Waals surface area contributed by atoms with Crippen LogP contribution in [0, 0.1) is 5.95 Å². The van der Waals surface area contributed by atoms with Gasteiger partial charge in [0.1, 0.15) is 5.65 Å². The lowest BCUT2D eigenvalue weighted by molar-refractivity contribution is 0.0695. The Kier molecular flexibility index (Phi) is 1.99. The standard InChI is InChI=1S/C8H4BrFN2O2/c9-5-1-7-11-2-6(10)12(7)3-4(5)8(13)14/h1-3H,(H,13,14). The Morgan fingerprint density at radius 1 is 1.64 bits per heavy atom. The van der Waals surface area contributed by atoms with Crippen LogP contribution < -0.4 is 0 Å². The van der Waals surface area contributed by atoms with Crippen LogP contribution in [0.1, 0.15) is 10.4 Å². The van der Waals surface area contributed by atoms with Gasteiger partial charge in [0.25, 0.3) is 0 Å². The molecule has 2 aromatic rings. The molecule has 6 heteroatoms. The third-order valence-electron chi connectivity index (χ3n) is 1.78. The number of hydrogen-bond donors (Lipinski definition) is 1. The third-order valence-corrected chi connectivity index (χ3v) is 2.44.